The maximum absolute atomic E-state index is 13.1. The van der Waals surface area contributed by atoms with Gasteiger partial charge in [-0.05, 0) is 49.5 Å². The Balaban J connectivity index is 3.05. The van der Waals surface area contributed by atoms with E-state index in [4.69, 9.17) is 15.9 Å². The maximum atomic E-state index is 13.1. The second kappa shape index (κ2) is 14.8. The number of phenolic OH excluding ortho intramolecular Hbond substituents is 1. The lowest BCUT2D eigenvalue weighted by molar-refractivity contribution is -0.142. The van der Waals surface area contributed by atoms with Crippen molar-refractivity contribution in [2.75, 3.05) is 12.0 Å². The first kappa shape index (κ1) is 29.7. The minimum atomic E-state index is -1.24. The molecule has 8 N–H and O–H groups in total. The van der Waals surface area contributed by atoms with Crippen LogP contribution in [0.4, 0.5) is 0 Å². The summed E-state index contributed by atoms with van der Waals surface area (Å²) in [5.41, 5.74) is 6.35. The molecule has 0 saturated carbocycles. The SMILES string of the molecule is CSCCC(NC(=O)C(Cc1ccc(O)cc1)NC(=O)C(N)CCC(=O)O)C(=O)NC(C)C(=O)O. The highest BCUT2D eigenvalue weighted by Gasteiger charge is 2.29. The number of aromatic hydroxyl groups is 1. The predicted octanol–water partition coefficient (Wildman–Crippen LogP) is -0.561. The number of hydrogen-bond acceptors (Lipinski definition) is 8. The third-order valence-electron chi connectivity index (χ3n) is 4.99. The highest BCUT2D eigenvalue weighted by Crippen LogP contribution is 2.12. The Morgan fingerprint density at radius 1 is 0.914 bits per heavy atom. The highest BCUT2D eigenvalue weighted by molar-refractivity contribution is 7.98. The number of nitrogens with two attached hydrogens (primary N) is 1. The number of thioether (sulfide) groups is 1. The van der Waals surface area contributed by atoms with Gasteiger partial charge in [-0.25, -0.2) is 0 Å². The molecule has 0 aliphatic rings. The zero-order chi connectivity index (χ0) is 26.5. The van der Waals surface area contributed by atoms with Gasteiger partial charge in [0, 0.05) is 12.8 Å². The third-order valence-corrected chi connectivity index (χ3v) is 5.63. The Morgan fingerprint density at radius 2 is 1.49 bits per heavy atom. The number of carboxylic acids is 2. The van der Waals surface area contributed by atoms with Crippen molar-refractivity contribution in [3.8, 4) is 5.75 Å². The van der Waals surface area contributed by atoms with E-state index >= 15 is 0 Å². The second-order valence-corrected chi connectivity index (χ2v) is 8.87. The molecule has 13 heteroatoms. The fourth-order valence-corrected chi connectivity index (χ4v) is 3.39. The molecule has 12 nitrogen and oxygen atoms in total. The summed E-state index contributed by atoms with van der Waals surface area (Å²) in [5, 5.41) is 34.7. The summed E-state index contributed by atoms with van der Waals surface area (Å²) in [7, 11) is 0. The first-order valence-electron chi connectivity index (χ1n) is 10.8. The fourth-order valence-electron chi connectivity index (χ4n) is 2.92. The molecule has 1 aromatic carbocycles. The summed E-state index contributed by atoms with van der Waals surface area (Å²) in [6, 6.07) is 1.35. The number of benzene rings is 1. The molecule has 0 aliphatic carbocycles. The standard InChI is InChI=1S/C22H32N4O8S/c1-12(22(33)34)24-20(31)16(9-10-35-2)25-21(32)17(11-13-3-5-14(27)6-4-13)26-19(30)15(23)7-8-18(28)29/h3-6,12,15-17,27H,7-11,23H2,1-2H3,(H,24,31)(H,25,32)(H,26,30)(H,28,29)(H,33,34). The van der Waals surface area contributed by atoms with Gasteiger partial charge in [-0.3, -0.25) is 24.0 Å². The quantitative estimate of drug-likeness (QED) is 0.159. The van der Waals surface area contributed by atoms with Crippen molar-refractivity contribution in [1.29, 1.82) is 0 Å². The molecule has 0 aliphatic heterocycles. The van der Waals surface area contributed by atoms with E-state index in [9.17, 15) is 29.1 Å². The molecule has 1 rings (SSSR count). The van der Waals surface area contributed by atoms with Gasteiger partial charge in [0.15, 0.2) is 0 Å². The number of carbonyl (C=O) groups is 5. The minimum absolute atomic E-state index is 0.00804. The number of carboxylic acid groups (broad SMARTS) is 2. The van der Waals surface area contributed by atoms with Crippen molar-refractivity contribution in [1.82, 2.24) is 16.0 Å². The van der Waals surface area contributed by atoms with Crippen molar-refractivity contribution < 1.29 is 39.3 Å². The molecule has 0 spiro atoms. The van der Waals surface area contributed by atoms with Crippen LogP contribution in [0.5, 0.6) is 5.75 Å². The lowest BCUT2D eigenvalue weighted by atomic mass is 10.0. The summed E-state index contributed by atoms with van der Waals surface area (Å²) in [6.07, 6.45) is 1.54. The summed E-state index contributed by atoms with van der Waals surface area (Å²) >= 11 is 1.43. The van der Waals surface area contributed by atoms with Crippen LogP contribution < -0.4 is 21.7 Å². The Morgan fingerprint density at radius 3 is 2.03 bits per heavy atom. The van der Waals surface area contributed by atoms with Crippen LogP contribution >= 0.6 is 11.8 Å². The highest BCUT2D eigenvalue weighted by atomic mass is 32.2. The molecule has 35 heavy (non-hydrogen) atoms. The first-order valence-corrected chi connectivity index (χ1v) is 12.2. The van der Waals surface area contributed by atoms with Crippen LogP contribution in [0.15, 0.2) is 24.3 Å². The van der Waals surface area contributed by atoms with Crippen molar-refractivity contribution in [3.05, 3.63) is 29.8 Å². The Hall–Kier alpha value is -3.32. The third kappa shape index (κ3) is 11.1. The zero-order valence-corrected chi connectivity index (χ0v) is 20.3. The molecule has 0 saturated heterocycles. The van der Waals surface area contributed by atoms with Gasteiger partial charge in [0.05, 0.1) is 6.04 Å². The topological polar surface area (TPSA) is 208 Å². The van der Waals surface area contributed by atoms with Crippen LogP contribution in [0.2, 0.25) is 0 Å². The molecule has 0 fully saturated rings. The number of nitrogens with one attached hydrogen (secondary N) is 3. The summed E-state index contributed by atoms with van der Waals surface area (Å²) < 4.78 is 0. The maximum Gasteiger partial charge on any atom is 0.325 e. The monoisotopic (exact) mass is 512 g/mol. The minimum Gasteiger partial charge on any atom is -0.508 e. The molecule has 0 bridgehead atoms. The Kier molecular flexibility index (Phi) is 12.6. The van der Waals surface area contributed by atoms with E-state index in [2.05, 4.69) is 16.0 Å². The molecule has 1 aromatic rings. The Labute approximate surface area is 207 Å². The van der Waals surface area contributed by atoms with E-state index in [0.717, 1.165) is 0 Å². The predicted molar refractivity (Wildman–Crippen MR) is 129 cm³/mol. The van der Waals surface area contributed by atoms with Gasteiger partial charge in [0.2, 0.25) is 17.7 Å². The summed E-state index contributed by atoms with van der Waals surface area (Å²) in [5.74, 6) is -3.98. The zero-order valence-electron chi connectivity index (χ0n) is 19.5. The van der Waals surface area contributed by atoms with Crippen molar-refractivity contribution >= 4 is 41.4 Å². The van der Waals surface area contributed by atoms with E-state index in [1.807, 2.05) is 6.26 Å². The summed E-state index contributed by atoms with van der Waals surface area (Å²) in [6.45, 7) is 1.29. The largest absolute Gasteiger partial charge is 0.508 e. The molecule has 0 aromatic heterocycles. The molecule has 4 unspecified atom stereocenters. The Bertz CT molecular complexity index is 896. The van der Waals surface area contributed by atoms with E-state index < -0.39 is 53.8 Å². The number of hydrogen-bond donors (Lipinski definition) is 7. The molecule has 0 heterocycles. The summed E-state index contributed by atoms with van der Waals surface area (Å²) in [4.78, 5) is 60.1. The van der Waals surface area contributed by atoms with Crippen LogP contribution in [0.3, 0.4) is 0 Å². The number of aliphatic carboxylic acids is 2. The van der Waals surface area contributed by atoms with Crippen LogP contribution in [0, 0.1) is 0 Å². The van der Waals surface area contributed by atoms with Gasteiger partial charge in [-0.1, -0.05) is 12.1 Å². The second-order valence-electron chi connectivity index (χ2n) is 7.88. The van der Waals surface area contributed by atoms with Crippen molar-refractivity contribution in [2.24, 2.45) is 5.73 Å². The first-order chi connectivity index (χ1) is 16.4. The van der Waals surface area contributed by atoms with Gasteiger partial charge >= 0.3 is 11.9 Å². The average molecular weight is 513 g/mol. The van der Waals surface area contributed by atoms with E-state index in [0.29, 0.717) is 11.3 Å². The van der Waals surface area contributed by atoms with Crippen LogP contribution in [0.25, 0.3) is 0 Å². The van der Waals surface area contributed by atoms with Gasteiger partial charge < -0.3 is 37.0 Å². The number of carbonyl (C=O) groups excluding carboxylic acids is 3. The molecule has 3 amide bonds. The number of rotatable bonds is 15. The van der Waals surface area contributed by atoms with E-state index in [-0.39, 0.29) is 31.4 Å². The molecule has 194 valence electrons. The smallest absolute Gasteiger partial charge is 0.325 e. The van der Waals surface area contributed by atoms with Gasteiger partial charge in [0.1, 0.15) is 23.9 Å². The van der Waals surface area contributed by atoms with Gasteiger partial charge in [-0.2, -0.15) is 11.8 Å². The molecule has 0 radical (unpaired) electrons. The van der Waals surface area contributed by atoms with Crippen molar-refractivity contribution in [3.63, 3.8) is 0 Å². The normalized spacial score (nSPS) is 14.1. The van der Waals surface area contributed by atoms with Crippen LogP contribution in [-0.2, 0) is 30.4 Å². The van der Waals surface area contributed by atoms with Gasteiger partial charge in [-0.15, -0.1) is 0 Å². The molecular formula is C22H32N4O8S. The number of phenols is 1. The van der Waals surface area contributed by atoms with E-state index in [1.54, 1.807) is 12.1 Å². The molecular weight excluding hydrogens is 480 g/mol. The van der Waals surface area contributed by atoms with Gasteiger partial charge in [0.25, 0.3) is 0 Å². The van der Waals surface area contributed by atoms with Crippen LogP contribution in [-0.4, -0.2) is 81.2 Å². The lowest BCUT2D eigenvalue weighted by Crippen LogP contribution is -2.57. The lowest BCUT2D eigenvalue weighted by Gasteiger charge is -2.25. The fraction of sp³-hybridized carbons (Fsp3) is 0.500. The average Bonchev–Trinajstić information content (AvgIpc) is 2.80. The van der Waals surface area contributed by atoms with Crippen LogP contribution in [0.1, 0.15) is 31.7 Å². The number of amides is 3. The van der Waals surface area contributed by atoms with Crippen molar-refractivity contribution in [2.45, 2.75) is 56.8 Å². The van der Waals surface area contributed by atoms with E-state index in [1.165, 1.54) is 30.8 Å². The molecule has 4 atom stereocenters.